The summed E-state index contributed by atoms with van der Waals surface area (Å²) in [5.74, 6) is 0.661. The van der Waals surface area contributed by atoms with Crippen molar-refractivity contribution >= 4 is 33.3 Å². The number of hydrogen-bond acceptors (Lipinski definition) is 2. The molecule has 0 unspecified atom stereocenters. The first-order valence-corrected chi connectivity index (χ1v) is 6.17. The molecule has 3 nitrogen and oxygen atoms in total. The molecule has 2 heterocycles. The van der Waals surface area contributed by atoms with Gasteiger partial charge in [0.05, 0.1) is 11.9 Å². The highest BCUT2D eigenvalue weighted by Crippen LogP contribution is 2.22. The summed E-state index contributed by atoms with van der Waals surface area (Å²) in [5, 5.41) is 0.702. The number of nitrogens with zero attached hydrogens (tertiary/aromatic N) is 3. The number of fused-ring (bicyclic) bond motifs is 1. The molecule has 0 aliphatic heterocycles. The van der Waals surface area contributed by atoms with E-state index >= 15 is 0 Å². The molecule has 0 aliphatic carbocycles. The molecule has 0 radical (unpaired) electrons. The Morgan fingerprint density at radius 3 is 2.94 bits per heavy atom. The first-order valence-electron chi connectivity index (χ1n) is 4.99. The van der Waals surface area contributed by atoms with Gasteiger partial charge in [-0.05, 0) is 34.1 Å². The summed E-state index contributed by atoms with van der Waals surface area (Å²) in [4.78, 5) is 8.67. The smallest absolute Gasteiger partial charge is 0.235 e. The van der Waals surface area contributed by atoms with Crippen LogP contribution in [0.4, 0.5) is 0 Å². The van der Waals surface area contributed by atoms with E-state index in [9.17, 15) is 0 Å². The Morgan fingerprint density at radius 1 is 1.24 bits per heavy atom. The van der Waals surface area contributed by atoms with Crippen LogP contribution in [0.3, 0.4) is 0 Å². The molecule has 84 valence electrons. The molecule has 3 aromatic rings. The van der Waals surface area contributed by atoms with Gasteiger partial charge in [0.2, 0.25) is 5.78 Å². The third-order valence-corrected chi connectivity index (χ3v) is 3.28. The molecule has 0 aliphatic rings. The van der Waals surface area contributed by atoms with Crippen molar-refractivity contribution in [3.63, 3.8) is 0 Å². The minimum Gasteiger partial charge on any atom is -0.278 e. The van der Waals surface area contributed by atoms with Gasteiger partial charge in [-0.25, -0.2) is 9.97 Å². The topological polar surface area (TPSA) is 30.2 Å². The summed E-state index contributed by atoms with van der Waals surface area (Å²) in [6, 6.07) is 9.55. The maximum atomic E-state index is 5.96. The number of imidazole rings is 1. The van der Waals surface area contributed by atoms with Gasteiger partial charge in [-0.15, -0.1) is 0 Å². The van der Waals surface area contributed by atoms with E-state index in [0.717, 1.165) is 15.9 Å². The summed E-state index contributed by atoms with van der Waals surface area (Å²) in [6.45, 7) is 0. The molecule has 2 aromatic heterocycles. The van der Waals surface area contributed by atoms with Gasteiger partial charge in [0.15, 0.2) is 0 Å². The van der Waals surface area contributed by atoms with Crippen LogP contribution in [0.5, 0.6) is 0 Å². The third-order valence-electron chi connectivity index (χ3n) is 2.45. The van der Waals surface area contributed by atoms with Crippen molar-refractivity contribution in [1.82, 2.24) is 14.4 Å². The van der Waals surface area contributed by atoms with Gasteiger partial charge in [0, 0.05) is 16.8 Å². The standard InChI is InChI=1S/C12H7BrClN3/c13-11-7-15-12-16-10(4-5-17(11)12)8-2-1-3-9(14)6-8/h1-7H. The Hall–Kier alpha value is -1.39. The van der Waals surface area contributed by atoms with Crippen LogP contribution >= 0.6 is 27.5 Å². The maximum Gasteiger partial charge on any atom is 0.235 e. The van der Waals surface area contributed by atoms with Crippen molar-refractivity contribution < 1.29 is 0 Å². The van der Waals surface area contributed by atoms with Gasteiger partial charge in [-0.2, -0.15) is 0 Å². The molecule has 5 heteroatoms. The minimum absolute atomic E-state index is 0.661. The van der Waals surface area contributed by atoms with E-state index in [4.69, 9.17) is 11.6 Å². The summed E-state index contributed by atoms with van der Waals surface area (Å²) in [5.41, 5.74) is 1.84. The summed E-state index contributed by atoms with van der Waals surface area (Å²) < 4.78 is 2.76. The highest BCUT2D eigenvalue weighted by molar-refractivity contribution is 9.10. The fraction of sp³-hybridized carbons (Fsp3) is 0. The van der Waals surface area contributed by atoms with E-state index in [0.29, 0.717) is 10.8 Å². The average Bonchev–Trinajstić information content (AvgIpc) is 2.71. The van der Waals surface area contributed by atoms with Crippen molar-refractivity contribution in [3.8, 4) is 11.3 Å². The highest BCUT2D eigenvalue weighted by Gasteiger charge is 2.05. The molecule has 0 amide bonds. The number of rotatable bonds is 1. The van der Waals surface area contributed by atoms with Gasteiger partial charge >= 0.3 is 0 Å². The van der Waals surface area contributed by atoms with Crippen LogP contribution in [0.1, 0.15) is 0 Å². The van der Waals surface area contributed by atoms with E-state index in [1.165, 1.54) is 0 Å². The minimum atomic E-state index is 0.661. The Kier molecular flexibility index (Phi) is 2.61. The Morgan fingerprint density at radius 2 is 2.12 bits per heavy atom. The first kappa shape index (κ1) is 10.7. The molecule has 0 N–H and O–H groups in total. The van der Waals surface area contributed by atoms with Gasteiger partial charge in [0.25, 0.3) is 0 Å². The lowest BCUT2D eigenvalue weighted by molar-refractivity contribution is 1.09. The molecule has 0 spiro atoms. The molecule has 1 aromatic carbocycles. The normalized spacial score (nSPS) is 10.9. The second kappa shape index (κ2) is 4.13. The van der Waals surface area contributed by atoms with E-state index in [1.54, 1.807) is 6.20 Å². The summed E-state index contributed by atoms with van der Waals surface area (Å²) in [7, 11) is 0. The van der Waals surface area contributed by atoms with Crippen molar-refractivity contribution in [2.45, 2.75) is 0 Å². The molecule has 17 heavy (non-hydrogen) atoms. The molecule has 3 rings (SSSR count). The van der Waals surface area contributed by atoms with Crippen LogP contribution in [-0.4, -0.2) is 14.4 Å². The first-order chi connectivity index (χ1) is 8.24. The van der Waals surface area contributed by atoms with E-state index in [-0.39, 0.29) is 0 Å². The zero-order valence-electron chi connectivity index (χ0n) is 8.64. The zero-order chi connectivity index (χ0) is 11.8. The van der Waals surface area contributed by atoms with Crippen molar-refractivity contribution in [1.29, 1.82) is 0 Å². The van der Waals surface area contributed by atoms with Gasteiger partial charge in [0.1, 0.15) is 4.60 Å². The van der Waals surface area contributed by atoms with Crippen LogP contribution in [0.15, 0.2) is 47.3 Å². The fourth-order valence-electron chi connectivity index (χ4n) is 1.65. The lowest BCUT2D eigenvalue weighted by atomic mass is 10.1. The molecular formula is C12H7BrClN3. The Bertz CT molecular complexity index is 693. The van der Waals surface area contributed by atoms with Crippen LogP contribution in [0.2, 0.25) is 5.02 Å². The molecule has 0 atom stereocenters. The van der Waals surface area contributed by atoms with E-state index in [2.05, 4.69) is 25.9 Å². The van der Waals surface area contributed by atoms with Gasteiger partial charge in [-0.3, -0.25) is 4.40 Å². The molecule has 0 bridgehead atoms. The quantitative estimate of drug-likeness (QED) is 0.684. The predicted octanol–water partition coefficient (Wildman–Crippen LogP) is 3.81. The van der Waals surface area contributed by atoms with Crippen LogP contribution in [-0.2, 0) is 0 Å². The van der Waals surface area contributed by atoms with Crippen molar-refractivity contribution in [2.24, 2.45) is 0 Å². The molecule has 0 saturated carbocycles. The third kappa shape index (κ3) is 1.94. The van der Waals surface area contributed by atoms with E-state index in [1.807, 2.05) is 40.9 Å². The fourth-order valence-corrected chi connectivity index (χ4v) is 2.22. The van der Waals surface area contributed by atoms with Crippen LogP contribution in [0, 0.1) is 0 Å². The molecule has 0 fully saturated rings. The lowest BCUT2D eigenvalue weighted by Crippen LogP contribution is -1.91. The molecule has 0 saturated heterocycles. The van der Waals surface area contributed by atoms with Gasteiger partial charge < -0.3 is 0 Å². The largest absolute Gasteiger partial charge is 0.278 e. The number of aromatic nitrogens is 3. The monoisotopic (exact) mass is 307 g/mol. The lowest BCUT2D eigenvalue weighted by Gasteiger charge is -2.02. The van der Waals surface area contributed by atoms with Crippen LogP contribution < -0.4 is 0 Å². The second-order valence-electron chi connectivity index (χ2n) is 3.57. The van der Waals surface area contributed by atoms with Gasteiger partial charge in [-0.1, -0.05) is 23.7 Å². The summed E-state index contributed by atoms with van der Waals surface area (Å²) >= 11 is 9.36. The van der Waals surface area contributed by atoms with Crippen molar-refractivity contribution in [3.05, 3.63) is 52.4 Å². The maximum absolute atomic E-state index is 5.96. The zero-order valence-corrected chi connectivity index (χ0v) is 11.0. The average molecular weight is 309 g/mol. The number of hydrogen-bond donors (Lipinski definition) is 0. The SMILES string of the molecule is Clc1cccc(-c2ccn3c(Br)cnc3n2)c1. The summed E-state index contributed by atoms with van der Waals surface area (Å²) in [6.07, 6.45) is 3.65. The highest BCUT2D eigenvalue weighted by atomic mass is 79.9. The second-order valence-corrected chi connectivity index (χ2v) is 4.82. The van der Waals surface area contributed by atoms with Crippen molar-refractivity contribution in [2.75, 3.05) is 0 Å². The number of halogens is 2. The molecular weight excluding hydrogens is 302 g/mol. The predicted molar refractivity (Wildman–Crippen MR) is 71.1 cm³/mol. The Labute approximate surface area is 111 Å². The van der Waals surface area contributed by atoms with E-state index < -0.39 is 0 Å². The Balaban J connectivity index is 2.18. The number of benzene rings is 1. The van der Waals surface area contributed by atoms with Crippen LogP contribution in [0.25, 0.3) is 17.0 Å².